The smallest absolute Gasteiger partial charge is 0.268 e. The SMILES string of the molecule is Cc1cc(Cl)ccc1N1C(=O)C(SC(C)C)=C(c2cccs2)C1=O. The number of benzene rings is 1. The Morgan fingerprint density at radius 3 is 2.50 bits per heavy atom. The van der Waals surface area contributed by atoms with E-state index < -0.39 is 0 Å². The molecule has 2 amide bonds. The Balaban J connectivity index is 2.11. The lowest BCUT2D eigenvalue weighted by Crippen LogP contribution is -2.32. The Labute approximate surface area is 154 Å². The third kappa shape index (κ3) is 3.04. The third-order valence-corrected chi connectivity index (χ3v) is 5.77. The molecule has 0 saturated carbocycles. The van der Waals surface area contributed by atoms with E-state index in [4.69, 9.17) is 11.6 Å². The van der Waals surface area contributed by atoms with Crippen molar-refractivity contribution in [2.75, 3.05) is 4.90 Å². The van der Waals surface area contributed by atoms with E-state index in [-0.39, 0.29) is 17.1 Å². The fourth-order valence-corrected chi connectivity index (χ4v) is 4.62. The van der Waals surface area contributed by atoms with Gasteiger partial charge in [0.15, 0.2) is 0 Å². The van der Waals surface area contributed by atoms with Gasteiger partial charge in [-0.25, -0.2) is 4.90 Å². The van der Waals surface area contributed by atoms with Gasteiger partial charge in [0.2, 0.25) is 0 Å². The summed E-state index contributed by atoms with van der Waals surface area (Å²) >= 11 is 8.91. The van der Waals surface area contributed by atoms with Crippen LogP contribution in [0, 0.1) is 6.92 Å². The number of hydrogen-bond donors (Lipinski definition) is 0. The van der Waals surface area contributed by atoms with Gasteiger partial charge in [-0.3, -0.25) is 9.59 Å². The van der Waals surface area contributed by atoms with E-state index in [0.717, 1.165) is 10.4 Å². The first-order chi connectivity index (χ1) is 11.4. The third-order valence-electron chi connectivity index (χ3n) is 3.56. The summed E-state index contributed by atoms with van der Waals surface area (Å²) in [6.45, 7) is 5.87. The quantitative estimate of drug-likeness (QED) is 0.692. The molecule has 0 unspecified atom stereocenters. The molecule has 2 heterocycles. The second-order valence-electron chi connectivity index (χ2n) is 5.72. The van der Waals surface area contributed by atoms with Crippen molar-refractivity contribution < 1.29 is 9.59 Å². The molecule has 0 saturated heterocycles. The predicted molar refractivity (Wildman–Crippen MR) is 103 cm³/mol. The van der Waals surface area contributed by atoms with Gasteiger partial charge >= 0.3 is 0 Å². The maximum atomic E-state index is 13.1. The van der Waals surface area contributed by atoms with Crippen LogP contribution in [0.4, 0.5) is 5.69 Å². The van der Waals surface area contributed by atoms with Crippen LogP contribution in [0.25, 0.3) is 5.57 Å². The average Bonchev–Trinajstić information content (AvgIpc) is 3.09. The maximum absolute atomic E-state index is 13.1. The van der Waals surface area contributed by atoms with Crippen LogP contribution in [-0.2, 0) is 9.59 Å². The first kappa shape index (κ1) is 17.3. The summed E-state index contributed by atoms with van der Waals surface area (Å²) in [7, 11) is 0. The summed E-state index contributed by atoms with van der Waals surface area (Å²) in [6.07, 6.45) is 0. The summed E-state index contributed by atoms with van der Waals surface area (Å²) < 4.78 is 0. The summed E-state index contributed by atoms with van der Waals surface area (Å²) in [6, 6.07) is 8.95. The van der Waals surface area contributed by atoms with Crippen LogP contribution < -0.4 is 4.90 Å². The fraction of sp³-hybridized carbons (Fsp3) is 0.222. The molecule has 0 spiro atoms. The predicted octanol–water partition coefficient (Wildman–Crippen LogP) is 5.14. The molecule has 3 nitrogen and oxygen atoms in total. The second kappa shape index (κ2) is 6.75. The van der Waals surface area contributed by atoms with E-state index in [9.17, 15) is 9.59 Å². The van der Waals surface area contributed by atoms with Crippen LogP contribution in [0.15, 0.2) is 40.6 Å². The van der Waals surface area contributed by atoms with Crippen molar-refractivity contribution in [3.05, 3.63) is 56.1 Å². The van der Waals surface area contributed by atoms with Gasteiger partial charge in [-0.1, -0.05) is 31.5 Å². The highest BCUT2D eigenvalue weighted by molar-refractivity contribution is 8.04. The lowest BCUT2D eigenvalue weighted by atomic mass is 10.1. The zero-order valence-corrected chi connectivity index (χ0v) is 15.9. The van der Waals surface area contributed by atoms with Gasteiger partial charge in [0.25, 0.3) is 11.8 Å². The molecule has 1 aliphatic rings. The highest BCUT2D eigenvalue weighted by Crippen LogP contribution is 2.41. The number of thiophene rings is 1. The van der Waals surface area contributed by atoms with Crippen molar-refractivity contribution in [1.82, 2.24) is 0 Å². The highest BCUT2D eigenvalue weighted by atomic mass is 35.5. The zero-order chi connectivity index (χ0) is 17.4. The monoisotopic (exact) mass is 377 g/mol. The fourth-order valence-electron chi connectivity index (χ4n) is 2.58. The van der Waals surface area contributed by atoms with Gasteiger partial charge in [0, 0.05) is 15.1 Å². The molecule has 0 N–H and O–H groups in total. The molecule has 1 aromatic carbocycles. The van der Waals surface area contributed by atoms with E-state index in [1.54, 1.807) is 18.2 Å². The van der Waals surface area contributed by atoms with Crippen LogP contribution >= 0.6 is 34.7 Å². The van der Waals surface area contributed by atoms with Crippen molar-refractivity contribution in [3.63, 3.8) is 0 Å². The molecule has 0 fully saturated rings. The van der Waals surface area contributed by atoms with Crippen LogP contribution in [0.1, 0.15) is 24.3 Å². The lowest BCUT2D eigenvalue weighted by molar-refractivity contribution is -0.119. The molecule has 24 heavy (non-hydrogen) atoms. The molecule has 2 aromatic rings. The number of aryl methyl sites for hydroxylation is 1. The standard InChI is InChI=1S/C18H16ClNO2S2/c1-10(2)24-16-15(14-5-4-8-23-14)17(21)20(18(16)22)13-7-6-12(19)9-11(13)3/h4-10H,1-3H3. The molecular weight excluding hydrogens is 362 g/mol. The number of nitrogens with zero attached hydrogens (tertiary/aromatic N) is 1. The van der Waals surface area contributed by atoms with Crippen LogP contribution in [-0.4, -0.2) is 17.1 Å². The summed E-state index contributed by atoms with van der Waals surface area (Å²) in [4.78, 5) is 28.7. The minimum Gasteiger partial charge on any atom is -0.268 e. The summed E-state index contributed by atoms with van der Waals surface area (Å²) in [5, 5.41) is 2.70. The highest BCUT2D eigenvalue weighted by Gasteiger charge is 2.41. The molecule has 1 aliphatic heterocycles. The Hall–Kier alpha value is -1.56. The van der Waals surface area contributed by atoms with Crippen LogP contribution in [0.2, 0.25) is 5.02 Å². The molecule has 0 atom stereocenters. The topological polar surface area (TPSA) is 37.4 Å². The van der Waals surface area contributed by atoms with Gasteiger partial charge in [0.1, 0.15) is 0 Å². The Bertz CT molecular complexity index is 841. The van der Waals surface area contributed by atoms with Gasteiger partial charge in [-0.15, -0.1) is 23.1 Å². The number of carbonyl (C=O) groups is 2. The minimum atomic E-state index is -0.268. The number of carbonyl (C=O) groups excluding carboxylic acids is 2. The molecule has 0 bridgehead atoms. The number of halogens is 1. The number of hydrogen-bond acceptors (Lipinski definition) is 4. The minimum absolute atomic E-state index is 0.206. The van der Waals surface area contributed by atoms with Gasteiger partial charge in [-0.2, -0.15) is 0 Å². The van der Waals surface area contributed by atoms with E-state index in [1.165, 1.54) is 28.0 Å². The number of amides is 2. The van der Waals surface area contributed by atoms with E-state index in [1.807, 2.05) is 38.3 Å². The van der Waals surface area contributed by atoms with E-state index >= 15 is 0 Å². The van der Waals surface area contributed by atoms with Crippen LogP contribution in [0.5, 0.6) is 0 Å². The van der Waals surface area contributed by atoms with Gasteiger partial charge < -0.3 is 0 Å². The lowest BCUT2D eigenvalue weighted by Gasteiger charge is -2.18. The molecule has 3 rings (SSSR count). The average molecular weight is 378 g/mol. The number of anilines is 1. The largest absolute Gasteiger partial charge is 0.272 e. The number of imide groups is 1. The van der Waals surface area contributed by atoms with Gasteiger partial charge in [-0.05, 0) is 42.1 Å². The Morgan fingerprint density at radius 2 is 1.92 bits per heavy atom. The summed E-state index contributed by atoms with van der Waals surface area (Å²) in [5.74, 6) is -0.524. The normalized spacial score (nSPS) is 15.1. The molecule has 0 radical (unpaired) electrons. The Kier molecular flexibility index (Phi) is 4.85. The van der Waals surface area contributed by atoms with Crippen molar-refractivity contribution in [2.24, 2.45) is 0 Å². The van der Waals surface area contributed by atoms with Crippen molar-refractivity contribution in [2.45, 2.75) is 26.0 Å². The van der Waals surface area contributed by atoms with E-state index in [0.29, 0.717) is 21.2 Å². The molecule has 0 aliphatic carbocycles. The van der Waals surface area contributed by atoms with Crippen molar-refractivity contribution >= 4 is 57.8 Å². The second-order valence-corrected chi connectivity index (χ2v) is 8.70. The van der Waals surface area contributed by atoms with Gasteiger partial charge in [0.05, 0.1) is 16.2 Å². The number of thioether (sulfide) groups is 1. The first-order valence-electron chi connectivity index (χ1n) is 7.50. The van der Waals surface area contributed by atoms with Crippen LogP contribution in [0.3, 0.4) is 0 Å². The molecule has 124 valence electrons. The number of rotatable bonds is 4. The maximum Gasteiger partial charge on any atom is 0.272 e. The molecule has 1 aromatic heterocycles. The molecular formula is C18H16ClNO2S2. The van der Waals surface area contributed by atoms with E-state index in [2.05, 4.69) is 0 Å². The molecule has 6 heteroatoms. The van der Waals surface area contributed by atoms with Crippen molar-refractivity contribution in [1.29, 1.82) is 0 Å². The Morgan fingerprint density at radius 1 is 1.17 bits per heavy atom. The zero-order valence-electron chi connectivity index (χ0n) is 13.5. The first-order valence-corrected chi connectivity index (χ1v) is 9.63. The van der Waals surface area contributed by atoms with Crippen molar-refractivity contribution in [3.8, 4) is 0 Å². The summed E-state index contributed by atoms with van der Waals surface area (Å²) in [5.41, 5.74) is 1.89.